The van der Waals surface area contributed by atoms with Crippen molar-refractivity contribution in [3.8, 4) is 0 Å². The average molecular weight is 520 g/mol. The summed E-state index contributed by atoms with van der Waals surface area (Å²) >= 11 is 0. The third kappa shape index (κ3) is 7.66. The summed E-state index contributed by atoms with van der Waals surface area (Å²) < 4.78 is 34.1. The second kappa shape index (κ2) is 13.2. The van der Waals surface area contributed by atoms with E-state index in [9.17, 15) is 18.0 Å². The number of benzene rings is 2. The average Bonchev–Trinajstić information content (AvgIpc) is 2.85. The van der Waals surface area contributed by atoms with Crippen LogP contribution in [-0.4, -0.2) is 63.4 Å². The number of hydrogen-bond acceptors (Lipinski definition) is 6. The van der Waals surface area contributed by atoms with E-state index < -0.39 is 16.1 Å². The number of carbonyl (C=O) groups excluding carboxylic acids is 2. The predicted molar refractivity (Wildman–Crippen MR) is 141 cm³/mol. The van der Waals surface area contributed by atoms with Crippen molar-refractivity contribution in [2.24, 2.45) is 22.4 Å². The van der Waals surface area contributed by atoms with Gasteiger partial charge in [-0.25, -0.2) is 8.42 Å². The molecule has 1 aliphatic heterocycles. The van der Waals surface area contributed by atoms with E-state index in [2.05, 4.69) is 9.71 Å². The summed E-state index contributed by atoms with van der Waals surface area (Å²) in [6.07, 6.45) is 1.58. The standard InChI is InChI=1S/C24H33N5O5S.CH4/c1-2-34-23(31)18-11-14-29(15-12-18)22(30)21(8-5-13-27-24(25)26)28-35(32,33)20-10-9-17-6-3-4-7-19(17)16-20;/h3-4,6-7,9-10,16,18,21,28H,2,5,8,11-15H2,1H3,(H4,25,26,27);1H4/t21-;/m0./s1. The number of sulfonamides is 1. The number of nitrogens with zero attached hydrogens (tertiary/aromatic N) is 2. The van der Waals surface area contributed by atoms with Crippen LogP contribution in [0.1, 0.15) is 40.0 Å². The first-order valence-electron chi connectivity index (χ1n) is 11.7. The quantitative estimate of drug-likeness (QED) is 0.187. The molecule has 0 unspecified atom stereocenters. The van der Waals surface area contributed by atoms with Crippen LogP contribution >= 0.6 is 0 Å². The molecular weight excluding hydrogens is 482 g/mol. The molecule has 2 aromatic carbocycles. The van der Waals surface area contributed by atoms with Crippen molar-refractivity contribution in [1.82, 2.24) is 9.62 Å². The number of fused-ring (bicyclic) bond motifs is 1. The smallest absolute Gasteiger partial charge is 0.309 e. The molecular formula is C25H37N5O5S. The number of likely N-dealkylation sites (tertiary alicyclic amines) is 1. The van der Waals surface area contributed by atoms with E-state index in [1.807, 2.05) is 24.3 Å². The number of hydrogen-bond donors (Lipinski definition) is 3. The van der Waals surface area contributed by atoms with Gasteiger partial charge in [-0.3, -0.25) is 14.6 Å². The fourth-order valence-corrected chi connectivity index (χ4v) is 5.40. The zero-order chi connectivity index (χ0) is 25.4. The Morgan fingerprint density at radius 1 is 1.14 bits per heavy atom. The van der Waals surface area contributed by atoms with Gasteiger partial charge in [0.15, 0.2) is 5.96 Å². The van der Waals surface area contributed by atoms with Crippen molar-refractivity contribution in [2.45, 2.75) is 51.0 Å². The number of nitrogens with one attached hydrogen (secondary N) is 1. The van der Waals surface area contributed by atoms with Crippen molar-refractivity contribution in [3.63, 3.8) is 0 Å². The number of piperidine rings is 1. The molecule has 3 rings (SSSR count). The Morgan fingerprint density at radius 3 is 2.44 bits per heavy atom. The maximum Gasteiger partial charge on any atom is 0.309 e. The van der Waals surface area contributed by atoms with E-state index in [1.165, 1.54) is 6.07 Å². The minimum atomic E-state index is -3.98. The molecule has 0 bridgehead atoms. The minimum Gasteiger partial charge on any atom is -0.466 e. The molecule has 1 heterocycles. The van der Waals surface area contributed by atoms with Crippen molar-refractivity contribution >= 4 is 38.6 Å². The highest BCUT2D eigenvalue weighted by atomic mass is 32.2. The number of carbonyl (C=O) groups is 2. The number of nitrogens with two attached hydrogens (primary N) is 2. The van der Waals surface area contributed by atoms with E-state index in [0.29, 0.717) is 39.0 Å². The summed E-state index contributed by atoms with van der Waals surface area (Å²) in [6.45, 7) is 3.04. The lowest BCUT2D eigenvalue weighted by atomic mass is 9.96. The first-order valence-corrected chi connectivity index (χ1v) is 13.2. The molecule has 0 aromatic heterocycles. The third-order valence-electron chi connectivity index (χ3n) is 6.00. The second-order valence-corrected chi connectivity index (χ2v) is 10.2. The maximum atomic E-state index is 13.3. The molecule has 5 N–H and O–H groups in total. The zero-order valence-corrected chi connectivity index (χ0v) is 20.7. The molecule has 1 amide bonds. The van der Waals surface area contributed by atoms with Gasteiger partial charge in [-0.05, 0) is 55.5 Å². The Balaban J connectivity index is 0.00000456. The van der Waals surface area contributed by atoms with Crippen LogP contribution in [0.3, 0.4) is 0 Å². The number of guanidine groups is 1. The molecule has 198 valence electrons. The second-order valence-electron chi connectivity index (χ2n) is 8.48. The summed E-state index contributed by atoms with van der Waals surface area (Å²) in [6, 6.07) is 11.3. The fourth-order valence-electron chi connectivity index (χ4n) is 4.14. The molecule has 1 fully saturated rings. The Morgan fingerprint density at radius 2 is 1.81 bits per heavy atom. The van der Waals surface area contributed by atoms with Gasteiger partial charge in [0, 0.05) is 19.6 Å². The number of amides is 1. The van der Waals surface area contributed by atoms with Gasteiger partial charge in [0.05, 0.1) is 17.4 Å². The summed E-state index contributed by atoms with van der Waals surface area (Å²) in [4.78, 5) is 31.0. The molecule has 36 heavy (non-hydrogen) atoms. The Kier molecular flexibility index (Phi) is 10.7. The highest BCUT2D eigenvalue weighted by molar-refractivity contribution is 7.89. The molecule has 1 saturated heterocycles. The van der Waals surface area contributed by atoms with E-state index in [0.717, 1.165) is 10.8 Å². The van der Waals surface area contributed by atoms with Crippen LogP contribution in [0.4, 0.5) is 0 Å². The van der Waals surface area contributed by atoms with Gasteiger partial charge < -0.3 is 21.1 Å². The Labute approximate surface area is 213 Å². The summed E-state index contributed by atoms with van der Waals surface area (Å²) in [5.74, 6) is -0.911. The molecule has 2 aromatic rings. The van der Waals surface area contributed by atoms with Crippen LogP contribution in [0.15, 0.2) is 52.4 Å². The van der Waals surface area contributed by atoms with Crippen LogP contribution in [0, 0.1) is 5.92 Å². The monoisotopic (exact) mass is 519 g/mol. The lowest BCUT2D eigenvalue weighted by Crippen LogP contribution is -2.51. The molecule has 1 aliphatic rings. The van der Waals surface area contributed by atoms with Crippen LogP contribution in [0.2, 0.25) is 0 Å². The summed E-state index contributed by atoms with van der Waals surface area (Å²) in [5.41, 5.74) is 10.7. The number of rotatable bonds is 10. The third-order valence-corrected chi connectivity index (χ3v) is 7.47. The van der Waals surface area contributed by atoms with E-state index in [4.69, 9.17) is 16.2 Å². The summed E-state index contributed by atoms with van der Waals surface area (Å²) in [5, 5.41) is 1.70. The largest absolute Gasteiger partial charge is 0.466 e. The highest BCUT2D eigenvalue weighted by Crippen LogP contribution is 2.22. The molecule has 0 saturated carbocycles. The van der Waals surface area contributed by atoms with E-state index >= 15 is 0 Å². The number of aliphatic imine (C=N–C) groups is 1. The first kappa shape index (κ1) is 29.1. The normalized spacial score (nSPS) is 15.1. The van der Waals surface area contributed by atoms with Gasteiger partial charge in [-0.1, -0.05) is 37.8 Å². The van der Waals surface area contributed by atoms with Gasteiger partial charge in [-0.15, -0.1) is 0 Å². The first-order chi connectivity index (χ1) is 16.7. The molecule has 0 radical (unpaired) electrons. The number of ether oxygens (including phenoxy) is 1. The van der Waals surface area contributed by atoms with Gasteiger partial charge in [-0.2, -0.15) is 4.72 Å². The van der Waals surface area contributed by atoms with E-state index in [1.54, 1.807) is 24.0 Å². The molecule has 10 nitrogen and oxygen atoms in total. The molecule has 1 atom stereocenters. The van der Waals surface area contributed by atoms with Gasteiger partial charge >= 0.3 is 5.97 Å². The lowest BCUT2D eigenvalue weighted by Gasteiger charge is -2.33. The zero-order valence-electron chi connectivity index (χ0n) is 19.9. The predicted octanol–water partition coefficient (Wildman–Crippen LogP) is 1.98. The minimum absolute atomic E-state index is 0. The maximum absolute atomic E-state index is 13.3. The molecule has 11 heteroatoms. The van der Waals surface area contributed by atoms with Crippen molar-refractivity contribution in [2.75, 3.05) is 26.2 Å². The van der Waals surface area contributed by atoms with Crippen molar-refractivity contribution < 1.29 is 22.7 Å². The van der Waals surface area contributed by atoms with Crippen molar-refractivity contribution in [1.29, 1.82) is 0 Å². The molecule has 0 aliphatic carbocycles. The Bertz CT molecular complexity index is 1170. The topological polar surface area (TPSA) is 157 Å². The van der Waals surface area contributed by atoms with Crippen LogP contribution in [0.5, 0.6) is 0 Å². The lowest BCUT2D eigenvalue weighted by molar-refractivity contribution is -0.151. The SMILES string of the molecule is C.CCOC(=O)C1CCN(C(=O)[C@H](CCCN=C(N)N)NS(=O)(=O)c2ccc3ccccc3c2)CC1. The summed E-state index contributed by atoms with van der Waals surface area (Å²) in [7, 11) is -3.98. The van der Waals surface area contributed by atoms with Gasteiger partial charge in [0.1, 0.15) is 6.04 Å². The van der Waals surface area contributed by atoms with Crippen LogP contribution in [-0.2, 0) is 24.3 Å². The fraction of sp³-hybridized carbons (Fsp3) is 0.480. The van der Waals surface area contributed by atoms with Crippen LogP contribution < -0.4 is 16.2 Å². The number of esters is 1. The Hall–Kier alpha value is -3.18. The van der Waals surface area contributed by atoms with Gasteiger partial charge in [0.25, 0.3) is 0 Å². The molecule has 0 spiro atoms. The van der Waals surface area contributed by atoms with Crippen molar-refractivity contribution in [3.05, 3.63) is 42.5 Å². The van der Waals surface area contributed by atoms with Crippen LogP contribution in [0.25, 0.3) is 10.8 Å². The highest BCUT2D eigenvalue weighted by Gasteiger charge is 2.33. The van der Waals surface area contributed by atoms with Gasteiger partial charge in [0.2, 0.25) is 15.9 Å². The van der Waals surface area contributed by atoms with E-state index in [-0.39, 0.29) is 49.0 Å².